The van der Waals surface area contributed by atoms with Crippen molar-refractivity contribution in [3.63, 3.8) is 0 Å². The molecule has 0 saturated heterocycles. The fourth-order valence-electron chi connectivity index (χ4n) is 4.56. The van der Waals surface area contributed by atoms with Crippen LogP contribution in [0.25, 0.3) is 22.3 Å². The van der Waals surface area contributed by atoms with E-state index >= 15 is 0 Å². The quantitative estimate of drug-likeness (QED) is 0.118. The SMILES string of the molecule is N#CC1=CCC(c2ccc(-c3ccc(SC(=O)CC(=O)Sc4ccc(-c5ccc(F)c(F)c5)cc4)cc3)cc2F)C=C1F. The zero-order valence-electron chi connectivity index (χ0n) is 22.3. The lowest BCUT2D eigenvalue weighted by molar-refractivity contribution is -0.117. The first-order valence-electron chi connectivity index (χ1n) is 13.0. The molecular formula is C34H21F4NO2S2. The standard InChI is InChI=1S/C34H21F4NO2S2/c35-29-14-8-23(16-32(29)38)21-5-11-27(12-6-21)43-34(41)18-33(40)42-26-9-3-20(4-10-26)22-7-13-28(31(37)15-22)24-1-2-25(19-39)30(36)17-24/h2-17,24H,1,18H2. The number of carbonyl (C=O) groups excluding carboxylic acids is 2. The van der Waals surface area contributed by atoms with Gasteiger partial charge in [-0.05, 0) is 82.8 Å². The first-order valence-corrected chi connectivity index (χ1v) is 14.7. The van der Waals surface area contributed by atoms with Crippen molar-refractivity contribution in [2.45, 2.75) is 28.6 Å². The third-order valence-electron chi connectivity index (χ3n) is 6.75. The predicted molar refractivity (Wildman–Crippen MR) is 160 cm³/mol. The maximum Gasteiger partial charge on any atom is 0.201 e. The molecule has 1 atom stereocenters. The maximum absolute atomic E-state index is 14.9. The van der Waals surface area contributed by atoms with Gasteiger partial charge in [-0.2, -0.15) is 5.26 Å². The van der Waals surface area contributed by atoms with Gasteiger partial charge in [0.05, 0.1) is 12.0 Å². The van der Waals surface area contributed by atoms with Gasteiger partial charge in [0.2, 0.25) is 10.2 Å². The number of thioether (sulfide) groups is 2. The van der Waals surface area contributed by atoms with Crippen molar-refractivity contribution in [3.05, 3.63) is 131 Å². The van der Waals surface area contributed by atoms with Gasteiger partial charge in [-0.25, -0.2) is 17.6 Å². The number of hydrogen-bond donors (Lipinski definition) is 0. The predicted octanol–water partition coefficient (Wildman–Crippen LogP) is 9.56. The van der Waals surface area contributed by atoms with E-state index in [1.807, 2.05) is 0 Å². The van der Waals surface area contributed by atoms with E-state index in [1.54, 1.807) is 66.7 Å². The fraction of sp³-hybridized carbons (Fsp3) is 0.0882. The van der Waals surface area contributed by atoms with Crippen molar-refractivity contribution < 1.29 is 27.2 Å². The molecule has 43 heavy (non-hydrogen) atoms. The summed E-state index contributed by atoms with van der Waals surface area (Å²) in [4.78, 5) is 26.2. The third-order valence-corrected chi connectivity index (χ3v) is 8.51. The molecule has 0 amide bonds. The molecule has 0 spiro atoms. The average Bonchev–Trinajstić information content (AvgIpc) is 2.99. The van der Waals surface area contributed by atoms with Gasteiger partial charge in [0.1, 0.15) is 17.7 Å². The molecule has 0 heterocycles. The molecule has 214 valence electrons. The highest BCUT2D eigenvalue weighted by Crippen LogP contribution is 2.35. The smallest absolute Gasteiger partial charge is 0.201 e. The molecule has 0 saturated carbocycles. The van der Waals surface area contributed by atoms with E-state index in [0.29, 0.717) is 38.5 Å². The Morgan fingerprint density at radius 2 is 1.21 bits per heavy atom. The number of rotatable bonds is 7. The highest BCUT2D eigenvalue weighted by Gasteiger charge is 2.20. The summed E-state index contributed by atoms with van der Waals surface area (Å²) in [5.41, 5.74) is 2.79. The van der Waals surface area contributed by atoms with E-state index in [0.717, 1.165) is 41.2 Å². The average molecular weight is 616 g/mol. The lowest BCUT2D eigenvalue weighted by Gasteiger charge is -2.17. The van der Waals surface area contributed by atoms with Gasteiger partial charge >= 0.3 is 0 Å². The van der Waals surface area contributed by atoms with Crippen LogP contribution in [-0.4, -0.2) is 10.2 Å². The van der Waals surface area contributed by atoms with Gasteiger partial charge < -0.3 is 0 Å². The molecular weight excluding hydrogens is 595 g/mol. The Bertz CT molecular complexity index is 1810. The Balaban J connectivity index is 1.15. The van der Waals surface area contributed by atoms with Crippen LogP contribution >= 0.6 is 23.5 Å². The molecule has 4 aromatic rings. The number of allylic oxidation sites excluding steroid dienone is 4. The van der Waals surface area contributed by atoms with Crippen LogP contribution in [0.1, 0.15) is 24.3 Å². The van der Waals surface area contributed by atoms with Crippen molar-refractivity contribution in [1.82, 2.24) is 0 Å². The summed E-state index contributed by atoms with van der Waals surface area (Å²) in [5, 5.41) is 8.25. The highest BCUT2D eigenvalue weighted by atomic mass is 32.2. The molecule has 3 nitrogen and oxygen atoms in total. The van der Waals surface area contributed by atoms with Crippen molar-refractivity contribution in [2.75, 3.05) is 0 Å². The summed E-state index contributed by atoms with van der Waals surface area (Å²) in [5.74, 6) is -3.50. The maximum atomic E-state index is 14.9. The van der Waals surface area contributed by atoms with Crippen LogP contribution in [0.4, 0.5) is 17.6 Å². The molecule has 4 aromatic carbocycles. The minimum absolute atomic E-state index is 0.0400. The molecule has 0 N–H and O–H groups in total. The van der Waals surface area contributed by atoms with Gasteiger partial charge in [0, 0.05) is 15.7 Å². The Morgan fingerprint density at radius 1 is 0.698 bits per heavy atom. The Labute approximate surface area is 253 Å². The van der Waals surface area contributed by atoms with Crippen LogP contribution in [0, 0.1) is 28.8 Å². The molecule has 5 rings (SSSR count). The van der Waals surface area contributed by atoms with Crippen LogP contribution < -0.4 is 0 Å². The molecule has 9 heteroatoms. The van der Waals surface area contributed by atoms with Crippen molar-refractivity contribution >= 4 is 33.8 Å². The summed E-state index contributed by atoms with van der Waals surface area (Å²) >= 11 is 1.85. The number of benzene rings is 4. The second kappa shape index (κ2) is 13.3. The Morgan fingerprint density at radius 3 is 1.70 bits per heavy atom. The van der Waals surface area contributed by atoms with E-state index in [9.17, 15) is 27.2 Å². The van der Waals surface area contributed by atoms with Crippen LogP contribution in [0.2, 0.25) is 0 Å². The number of nitriles is 1. The number of hydrogen-bond acceptors (Lipinski definition) is 5. The number of halogens is 4. The topological polar surface area (TPSA) is 57.9 Å². The third kappa shape index (κ3) is 7.34. The fourth-order valence-corrected chi connectivity index (χ4v) is 6.13. The molecule has 1 aliphatic rings. The minimum atomic E-state index is -0.943. The van der Waals surface area contributed by atoms with Crippen molar-refractivity contribution in [1.29, 1.82) is 5.26 Å². The molecule has 0 fully saturated rings. The first-order chi connectivity index (χ1) is 20.7. The van der Waals surface area contributed by atoms with Crippen LogP contribution in [0.3, 0.4) is 0 Å². The number of nitrogens with zero attached hydrogens (tertiary/aromatic N) is 1. The summed E-state index contributed by atoms with van der Waals surface area (Å²) in [6.45, 7) is 0. The lowest BCUT2D eigenvalue weighted by atomic mass is 9.88. The van der Waals surface area contributed by atoms with Crippen molar-refractivity contribution in [3.8, 4) is 28.3 Å². The van der Waals surface area contributed by atoms with Crippen LogP contribution in [-0.2, 0) is 9.59 Å². The lowest BCUT2D eigenvalue weighted by Crippen LogP contribution is -2.03. The molecule has 0 aromatic heterocycles. The van der Waals surface area contributed by atoms with Gasteiger partial charge in [-0.15, -0.1) is 0 Å². The summed E-state index contributed by atoms with van der Waals surface area (Å²) in [7, 11) is 0. The van der Waals surface area contributed by atoms with Gasteiger partial charge in [0.15, 0.2) is 11.6 Å². The second-order valence-corrected chi connectivity index (χ2v) is 11.9. The van der Waals surface area contributed by atoms with Crippen LogP contribution in [0.5, 0.6) is 0 Å². The zero-order valence-corrected chi connectivity index (χ0v) is 24.0. The van der Waals surface area contributed by atoms with Crippen LogP contribution in [0.15, 0.2) is 118 Å². The monoisotopic (exact) mass is 615 g/mol. The minimum Gasteiger partial charge on any atom is -0.286 e. The highest BCUT2D eigenvalue weighted by molar-refractivity contribution is 8.15. The summed E-state index contributed by atoms with van der Waals surface area (Å²) in [6.07, 6.45) is 2.77. The van der Waals surface area contributed by atoms with Gasteiger partial charge in [-0.3, -0.25) is 9.59 Å². The molecule has 0 aliphatic heterocycles. The molecule has 1 aliphatic carbocycles. The molecule has 1 unspecified atom stereocenters. The van der Waals surface area contributed by atoms with E-state index < -0.39 is 29.2 Å². The van der Waals surface area contributed by atoms with E-state index in [2.05, 4.69) is 0 Å². The van der Waals surface area contributed by atoms with E-state index in [1.165, 1.54) is 24.3 Å². The first kappa shape index (κ1) is 30.1. The second-order valence-electron chi connectivity index (χ2n) is 9.63. The normalized spacial score (nSPS) is 14.4. The largest absolute Gasteiger partial charge is 0.286 e. The molecule has 0 radical (unpaired) electrons. The van der Waals surface area contributed by atoms with Crippen molar-refractivity contribution in [2.24, 2.45) is 0 Å². The van der Waals surface area contributed by atoms with E-state index in [4.69, 9.17) is 5.26 Å². The summed E-state index contributed by atoms with van der Waals surface area (Å²) < 4.78 is 55.7. The Kier molecular flexibility index (Phi) is 9.29. The molecule has 0 bridgehead atoms. The number of carbonyl (C=O) groups is 2. The van der Waals surface area contributed by atoms with Gasteiger partial charge in [0.25, 0.3) is 0 Å². The van der Waals surface area contributed by atoms with Gasteiger partial charge in [-0.1, -0.05) is 72.1 Å². The zero-order chi connectivity index (χ0) is 30.5. The summed E-state index contributed by atoms with van der Waals surface area (Å²) in [6, 6.07) is 23.8. The Hall–Kier alpha value is -4.39. The van der Waals surface area contributed by atoms with E-state index in [-0.39, 0.29) is 22.2 Å².